The number of rotatable bonds is 5. The largest absolute Gasteiger partial charge is 0.481 e. The van der Waals surface area contributed by atoms with E-state index in [9.17, 15) is 19.2 Å². The lowest BCUT2D eigenvalue weighted by Gasteiger charge is -1.91. The van der Waals surface area contributed by atoms with Gasteiger partial charge in [-0.15, -0.1) is 0 Å². The zero-order valence-corrected chi connectivity index (χ0v) is 11.0. The first-order chi connectivity index (χ1) is 9.74. The molecule has 114 valence electrons. The molecule has 8 nitrogen and oxygen atoms in total. The van der Waals surface area contributed by atoms with Crippen LogP contribution >= 0.6 is 0 Å². The molecule has 21 heavy (non-hydrogen) atoms. The fourth-order valence-electron chi connectivity index (χ4n) is 0.629. The van der Waals surface area contributed by atoms with E-state index < -0.39 is 30.3 Å². The number of hydrogen-bond acceptors (Lipinski definition) is 6. The van der Waals surface area contributed by atoms with E-state index in [1.807, 2.05) is 0 Å². The summed E-state index contributed by atoms with van der Waals surface area (Å²) in [6.45, 7) is 9.53. The highest BCUT2D eigenvalue weighted by atomic mass is 16.6. The molecule has 0 fully saturated rings. The molecule has 1 heterocycles. The Bertz CT molecular complexity index is 451. The second-order valence-corrected chi connectivity index (χ2v) is 3.02. The molecular weight excluding hydrogens is 284 g/mol. The fourth-order valence-corrected chi connectivity index (χ4v) is 0.629. The number of aliphatic carboxylic acids is 2. The number of esters is 2. The van der Waals surface area contributed by atoms with Crippen molar-refractivity contribution in [1.82, 2.24) is 0 Å². The average molecular weight is 298 g/mol. The quantitative estimate of drug-likeness (QED) is 0.333. The Balaban J connectivity index is 0. The Morgan fingerprint density at radius 3 is 1.67 bits per heavy atom. The Kier molecular flexibility index (Phi) is 11.4. The molecular formula is C13H14O8. The van der Waals surface area contributed by atoms with Crippen molar-refractivity contribution < 1.29 is 38.9 Å². The van der Waals surface area contributed by atoms with E-state index in [2.05, 4.69) is 29.2 Å². The van der Waals surface area contributed by atoms with Gasteiger partial charge in [0.15, 0.2) is 0 Å². The molecule has 0 aromatic carbocycles. The molecule has 0 aromatic heterocycles. The second kappa shape index (κ2) is 11.9. The van der Waals surface area contributed by atoms with Crippen LogP contribution in [0.2, 0.25) is 0 Å². The molecule has 0 saturated carbocycles. The third kappa shape index (κ3) is 14.8. The van der Waals surface area contributed by atoms with Gasteiger partial charge >= 0.3 is 23.9 Å². The zero-order valence-electron chi connectivity index (χ0n) is 11.0. The summed E-state index contributed by atoms with van der Waals surface area (Å²) >= 11 is 0. The SMILES string of the molecule is C=C(CC(=O)O)C(=O)O.C=COC=C.O=C1C=CC(=O)O1. The highest BCUT2D eigenvalue weighted by Crippen LogP contribution is 1.95. The molecule has 8 heteroatoms. The van der Waals surface area contributed by atoms with Gasteiger partial charge in [0.1, 0.15) is 0 Å². The lowest BCUT2D eigenvalue weighted by molar-refractivity contribution is -0.150. The van der Waals surface area contributed by atoms with Gasteiger partial charge in [0.05, 0.1) is 18.9 Å². The first-order valence-electron chi connectivity index (χ1n) is 5.18. The van der Waals surface area contributed by atoms with E-state index in [4.69, 9.17) is 10.2 Å². The van der Waals surface area contributed by atoms with Crippen molar-refractivity contribution in [2.45, 2.75) is 6.42 Å². The molecule has 0 unspecified atom stereocenters. The maximum absolute atomic E-state index is 9.92. The molecule has 0 aromatic rings. The molecule has 0 aliphatic carbocycles. The van der Waals surface area contributed by atoms with E-state index in [-0.39, 0.29) is 5.57 Å². The summed E-state index contributed by atoms with van der Waals surface area (Å²) in [6, 6.07) is 0. The molecule has 0 amide bonds. The highest BCUT2D eigenvalue weighted by molar-refractivity contribution is 6.04. The topological polar surface area (TPSA) is 127 Å². The minimum Gasteiger partial charge on any atom is -0.481 e. The molecule has 0 bridgehead atoms. The number of hydrogen-bond donors (Lipinski definition) is 2. The number of carboxylic acids is 2. The van der Waals surface area contributed by atoms with Crippen LogP contribution in [0.4, 0.5) is 0 Å². The van der Waals surface area contributed by atoms with Crippen LogP contribution < -0.4 is 0 Å². The Hall–Kier alpha value is -3.16. The van der Waals surface area contributed by atoms with Crippen molar-refractivity contribution in [3.05, 3.63) is 50.0 Å². The molecule has 0 saturated heterocycles. The van der Waals surface area contributed by atoms with E-state index >= 15 is 0 Å². The van der Waals surface area contributed by atoms with Crippen LogP contribution in [0.3, 0.4) is 0 Å². The standard InChI is InChI=1S/C5H6O4.C4H2O3.C4H6O/c1-3(5(8)9)2-4(6)7;5-3-1-2-4(6)7-3;1-3-5-4-2/h1-2H2,(H,6,7)(H,8,9);1-2H;3-4H,1-2H2. The minimum absolute atomic E-state index is 0.303. The summed E-state index contributed by atoms with van der Waals surface area (Å²) in [5.41, 5.74) is -0.303. The number of ether oxygens (including phenoxy) is 2. The summed E-state index contributed by atoms with van der Waals surface area (Å²) in [4.78, 5) is 39.5. The van der Waals surface area contributed by atoms with Gasteiger partial charge in [-0.3, -0.25) is 4.79 Å². The van der Waals surface area contributed by atoms with Crippen molar-refractivity contribution >= 4 is 23.9 Å². The Labute approximate surface area is 120 Å². The number of cyclic esters (lactones) is 2. The summed E-state index contributed by atoms with van der Waals surface area (Å²) in [5, 5.41) is 16.1. The van der Waals surface area contributed by atoms with Crippen molar-refractivity contribution in [2.75, 3.05) is 0 Å². The van der Waals surface area contributed by atoms with Crippen LogP contribution in [-0.4, -0.2) is 34.1 Å². The predicted octanol–water partition coefficient (Wildman–Crippen LogP) is 1.02. The van der Waals surface area contributed by atoms with E-state index in [1.54, 1.807) is 0 Å². The molecule has 1 aliphatic heterocycles. The van der Waals surface area contributed by atoms with Crippen LogP contribution in [0.1, 0.15) is 6.42 Å². The van der Waals surface area contributed by atoms with Crippen LogP contribution in [0.15, 0.2) is 50.0 Å². The number of carbonyl (C=O) groups is 4. The van der Waals surface area contributed by atoms with Gasteiger partial charge in [0, 0.05) is 17.7 Å². The van der Waals surface area contributed by atoms with Gasteiger partial charge in [-0.1, -0.05) is 19.7 Å². The third-order valence-electron chi connectivity index (χ3n) is 1.42. The summed E-state index contributed by atoms with van der Waals surface area (Å²) in [7, 11) is 0. The Morgan fingerprint density at radius 1 is 1.14 bits per heavy atom. The van der Waals surface area contributed by atoms with E-state index in [0.717, 1.165) is 12.2 Å². The first-order valence-corrected chi connectivity index (χ1v) is 5.18. The van der Waals surface area contributed by atoms with Crippen molar-refractivity contribution in [3.8, 4) is 0 Å². The lowest BCUT2D eigenvalue weighted by Crippen LogP contribution is -2.04. The predicted molar refractivity (Wildman–Crippen MR) is 70.7 cm³/mol. The lowest BCUT2D eigenvalue weighted by atomic mass is 10.2. The number of carbonyl (C=O) groups excluding carboxylic acids is 2. The smallest absolute Gasteiger partial charge is 0.338 e. The monoisotopic (exact) mass is 298 g/mol. The molecule has 0 radical (unpaired) electrons. The van der Waals surface area contributed by atoms with Gasteiger partial charge in [-0.25, -0.2) is 14.4 Å². The second-order valence-electron chi connectivity index (χ2n) is 3.02. The maximum atomic E-state index is 9.92. The van der Waals surface area contributed by atoms with Gasteiger partial charge in [0.25, 0.3) is 0 Å². The van der Waals surface area contributed by atoms with Gasteiger partial charge in [-0.2, -0.15) is 0 Å². The summed E-state index contributed by atoms with van der Waals surface area (Å²) in [5.74, 6) is -3.60. The fraction of sp³-hybridized carbons (Fsp3) is 0.0769. The highest BCUT2D eigenvalue weighted by Gasteiger charge is 2.10. The van der Waals surface area contributed by atoms with Gasteiger partial charge < -0.3 is 19.7 Å². The molecule has 0 spiro atoms. The summed E-state index contributed by atoms with van der Waals surface area (Å²) in [6.07, 6.45) is 4.29. The molecule has 1 aliphatic rings. The first kappa shape index (κ1) is 20.2. The van der Waals surface area contributed by atoms with Crippen LogP contribution in [0, 0.1) is 0 Å². The molecule has 2 N–H and O–H groups in total. The molecule has 1 rings (SSSR count). The van der Waals surface area contributed by atoms with Gasteiger partial charge in [-0.05, 0) is 0 Å². The average Bonchev–Trinajstić information content (AvgIpc) is 2.74. The van der Waals surface area contributed by atoms with Gasteiger partial charge in [0.2, 0.25) is 0 Å². The number of carboxylic acid groups (broad SMARTS) is 2. The van der Waals surface area contributed by atoms with E-state index in [1.165, 1.54) is 12.5 Å². The maximum Gasteiger partial charge on any atom is 0.338 e. The van der Waals surface area contributed by atoms with Crippen molar-refractivity contribution in [2.24, 2.45) is 0 Å². The summed E-state index contributed by atoms with van der Waals surface area (Å²) < 4.78 is 8.33. The zero-order chi connectivity index (χ0) is 16.8. The minimum atomic E-state index is -1.27. The van der Waals surface area contributed by atoms with E-state index in [0.29, 0.717) is 0 Å². The molecule has 0 atom stereocenters. The third-order valence-corrected chi connectivity index (χ3v) is 1.42. The van der Waals surface area contributed by atoms with Crippen LogP contribution in [0.25, 0.3) is 0 Å². The Morgan fingerprint density at radius 2 is 1.57 bits per heavy atom. The van der Waals surface area contributed by atoms with Crippen molar-refractivity contribution in [3.63, 3.8) is 0 Å². The normalized spacial score (nSPS) is 10.9. The van der Waals surface area contributed by atoms with Crippen LogP contribution in [-0.2, 0) is 28.7 Å². The van der Waals surface area contributed by atoms with Crippen LogP contribution in [0.5, 0.6) is 0 Å². The van der Waals surface area contributed by atoms with Crippen molar-refractivity contribution in [1.29, 1.82) is 0 Å².